The molecule has 0 aliphatic carbocycles. The topological polar surface area (TPSA) is 122 Å². The summed E-state index contributed by atoms with van der Waals surface area (Å²) in [7, 11) is 3.23. The Balaban J connectivity index is 0.000000258. The summed E-state index contributed by atoms with van der Waals surface area (Å²) >= 11 is 0. The largest absolute Gasteiger partial charge is 0.493 e. The first-order chi connectivity index (χ1) is 8.99. The van der Waals surface area contributed by atoms with Crippen LogP contribution in [0.2, 0.25) is 0 Å². The zero-order valence-corrected chi connectivity index (χ0v) is 10.2. The summed E-state index contributed by atoms with van der Waals surface area (Å²) in [6.45, 7) is 0. The Bertz CT molecular complexity index is 542. The van der Waals surface area contributed by atoms with E-state index in [0.29, 0.717) is 5.75 Å². The molecule has 0 saturated carbocycles. The third-order valence-electron chi connectivity index (χ3n) is 2.13. The van der Waals surface area contributed by atoms with Crippen molar-refractivity contribution in [3.05, 3.63) is 18.3 Å². The van der Waals surface area contributed by atoms with Gasteiger partial charge in [0.1, 0.15) is 0 Å². The fraction of sp³-hybridized carbons (Fsp3) is 0.182. The standard InChI is InChI=1S/C9H10N2O2.C2H2O4/c1-12-8-3-6-5-10-11-7(6)4-9(8)13-2;3-1(4)2(5)6/h3-5H,1-2H3,(H,10,11);(H,3,4)(H,5,6). The lowest BCUT2D eigenvalue weighted by molar-refractivity contribution is -0.159. The number of hydrogen-bond donors (Lipinski definition) is 3. The molecule has 102 valence electrons. The molecule has 0 spiro atoms. The Morgan fingerprint density at radius 3 is 2.11 bits per heavy atom. The van der Waals surface area contributed by atoms with Crippen molar-refractivity contribution in [1.82, 2.24) is 10.2 Å². The van der Waals surface area contributed by atoms with Gasteiger partial charge in [-0.2, -0.15) is 5.10 Å². The van der Waals surface area contributed by atoms with E-state index in [2.05, 4.69) is 10.2 Å². The van der Waals surface area contributed by atoms with Crippen LogP contribution in [0, 0.1) is 0 Å². The van der Waals surface area contributed by atoms with E-state index >= 15 is 0 Å². The van der Waals surface area contributed by atoms with E-state index in [9.17, 15) is 0 Å². The van der Waals surface area contributed by atoms with Crippen LogP contribution >= 0.6 is 0 Å². The third kappa shape index (κ3) is 3.60. The molecule has 0 unspecified atom stereocenters. The lowest BCUT2D eigenvalue weighted by Crippen LogP contribution is -2.09. The minimum absolute atomic E-state index is 0.708. The fourth-order valence-electron chi connectivity index (χ4n) is 1.27. The molecule has 1 heterocycles. The number of methoxy groups -OCH3 is 2. The summed E-state index contributed by atoms with van der Waals surface area (Å²) in [5.74, 6) is -2.22. The van der Waals surface area contributed by atoms with Crippen LogP contribution in [-0.2, 0) is 9.59 Å². The van der Waals surface area contributed by atoms with Gasteiger partial charge in [-0.25, -0.2) is 9.59 Å². The first-order valence-electron chi connectivity index (χ1n) is 5.01. The highest BCUT2D eigenvalue weighted by molar-refractivity contribution is 6.27. The molecule has 0 amide bonds. The predicted molar refractivity (Wildman–Crippen MR) is 64.5 cm³/mol. The van der Waals surface area contributed by atoms with Gasteiger partial charge in [-0.1, -0.05) is 0 Å². The number of carboxylic acid groups (broad SMARTS) is 2. The summed E-state index contributed by atoms with van der Waals surface area (Å²) in [5.41, 5.74) is 0.942. The average molecular weight is 268 g/mol. The van der Waals surface area contributed by atoms with Gasteiger partial charge >= 0.3 is 11.9 Å². The van der Waals surface area contributed by atoms with E-state index in [1.807, 2.05) is 12.1 Å². The second kappa shape index (κ2) is 6.24. The lowest BCUT2D eigenvalue weighted by atomic mass is 10.2. The molecule has 0 bridgehead atoms. The van der Waals surface area contributed by atoms with E-state index in [4.69, 9.17) is 29.3 Å². The number of nitrogens with one attached hydrogen (secondary N) is 1. The van der Waals surface area contributed by atoms with Crippen LogP contribution in [0.25, 0.3) is 10.9 Å². The molecule has 2 aromatic rings. The molecule has 8 heteroatoms. The monoisotopic (exact) mass is 268 g/mol. The van der Waals surface area contributed by atoms with Crippen LogP contribution in [0.4, 0.5) is 0 Å². The Morgan fingerprint density at radius 2 is 1.63 bits per heavy atom. The summed E-state index contributed by atoms with van der Waals surface area (Å²) in [5, 5.41) is 22.6. The molecule has 0 radical (unpaired) electrons. The van der Waals surface area contributed by atoms with Crippen molar-refractivity contribution in [2.75, 3.05) is 14.2 Å². The van der Waals surface area contributed by atoms with Crippen LogP contribution in [0.1, 0.15) is 0 Å². The van der Waals surface area contributed by atoms with Gasteiger partial charge in [0.05, 0.1) is 25.9 Å². The number of nitrogens with zero attached hydrogens (tertiary/aromatic N) is 1. The summed E-state index contributed by atoms with van der Waals surface area (Å²) in [6, 6.07) is 3.75. The minimum atomic E-state index is -1.82. The van der Waals surface area contributed by atoms with Gasteiger partial charge in [0.25, 0.3) is 0 Å². The molecule has 3 N–H and O–H groups in total. The highest BCUT2D eigenvalue weighted by Gasteiger charge is 2.06. The number of ether oxygens (including phenoxy) is 2. The van der Waals surface area contributed by atoms with E-state index in [-0.39, 0.29) is 0 Å². The number of aromatic nitrogens is 2. The van der Waals surface area contributed by atoms with E-state index < -0.39 is 11.9 Å². The highest BCUT2D eigenvalue weighted by atomic mass is 16.5. The number of carbonyl (C=O) groups is 2. The normalized spacial score (nSPS) is 9.37. The molecule has 0 saturated heterocycles. The molecular formula is C11H12N2O6. The average Bonchev–Trinajstić information content (AvgIpc) is 2.84. The van der Waals surface area contributed by atoms with Crippen molar-refractivity contribution in [3.63, 3.8) is 0 Å². The van der Waals surface area contributed by atoms with Crippen molar-refractivity contribution < 1.29 is 29.3 Å². The smallest absolute Gasteiger partial charge is 0.414 e. The van der Waals surface area contributed by atoms with Crippen LogP contribution in [0.5, 0.6) is 11.5 Å². The van der Waals surface area contributed by atoms with Crippen LogP contribution in [0.15, 0.2) is 18.3 Å². The van der Waals surface area contributed by atoms with Gasteiger partial charge in [0.15, 0.2) is 11.5 Å². The SMILES string of the molecule is COc1cc2cn[nH]c2cc1OC.O=C(O)C(=O)O. The highest BCUT2D eigenvalue weighted by Crippen LogP contribution is 2.30. The minimum Gasteiger partial charge on any atom is -0.493 e. The molecule has 1 aromatic heterocycles. The number of carboxylic acids is 2. The Labute approximate surface area is 107 Å². The fourth-order valence-corrected chi connectivity index (χ4v) is 1.27. The maximum absolute atomic E-state index is 9.10. The van der Waals surface area contributed by atoms with Gasteiger partial charge in [0.2, 0.25) is 0 Å². The predicted octanol–water partition coefficient (Wildman–Crippen LogP) is 0.736. The van der Waals surface area contributed by atoms with E-state index in [1.165, 1.54) is 0 Å². The number of benzene rings is 1. The van der Waals surface area contributed by atoms with E-state index in [0.717, 1.165) is 16.7 Å². The van der Waals surface area contributed by atoms with Crippen LogP contribution in [0.3, 0.4) is 0 Å². The lowest BCUT2D eigenvalue weighted by Gasteiger charge is -2.06. The Kier molecular flexibility index (Phi) is 4.69. The van der Waals surface area contributed by atoms with Crippen LogP contribution < -0.4 is 9.47 Å². The van der Waals surface area contributed by atoms with Gasteiger partial charge in [-0.3, -0.25) is 5.10 Å². The third-order valence-corrected chi connectivity index (χ3v) is 2.13. The van der Waals surface area contributed by atoms with Crippen molar-refractivity contribution in [2.45, 2.75) is 0 Å². The molecule has 2 rings (SSSR count). The Hall–Kier alpha value is -2.77. The quantitative estimate of drug-likeness (QED) is 0.686. The molecule has 1 aromatic carbocycles. The second-order valence-corrected chi connectivity index (χ2v) is 3.27. The molecule has 19 heavy (non-hydrogen) atoms. The molecule has 0 atom stereocenters. The number of H-pyrrole nitrogens is 1. The first kappa shape index (κ1) is 14.3. The zero-order chi connectivity index (χ0) is 14.4. The van der Waals surface area contributed by atoms with Crippen molar-refractivity contribution >= 4 is 22.8 Å². The molecular weight excluding hydrogens is 256 g/mol. The second-order valence-electron chi connectivity index (χ2n) is 3.27. The summed E-state index contributed by atoms with van der Waals surface area (Å²) in [6.07, 6.45) is 1.75. The zero-order valence-electron chi connectivity index (χ0n) is 10.2. The maximum Gasteiger partial charge on any atom is 0.414 e. The number of hydrogen-bond acceptors (Lipinski definition) is 5. The number of rotatable bonds is 2. The van der Waals surface area contributed by atoms with Gasteiger partial charge in [-0.15, -0.1) is 0 Å². The first-order valence-corrected chi connectivity index (χ1v) is 5.01. The maximum atomic E-state index is 9.10. The van der Waals surface area contributed by atoms with Crippen LogP contribution in [-0.4, -0.2) is 46.6 Å². The number of fused-ring (bicyclic) bond motifs is 1. The number of aromatic amines is 1. The number of aliphatic carboxylic acids is 2. The Morgan fingerprint density at radius 1 is 1.11 bits per heavy atom. The van der Waals surface area contributed by atoms with Gasteiger partial charge in [0, 0.05) is 11.5 Å². The molecule has 0 aliphatic rings. The van der Waals surface area contributed by atoms with E-state index in [1.54, 1.807) is 20.4 Å². The van der Waals surface area contributed by atoms with Crippen molar-refractivity contribution in [1.29, 1.82) is 0 Å². The molecule has 0 fully saturated rings. The van der Waals surface area contributed by atoms with Gasteiger partial charge in [-0.05, 0) is 6.07 Å². The van der Waals surface area contributed by atoms with Crippen molar-refractivity contribution in [2.24, 2.45) is 0 Å². The summed E-state index contributed by atoms with van der Waals surface area (Å²) < 4.78 is 10.3. The van der Waals surface area contributed by atoms with Crippen molar-refractivity contribution in [3.8, 4) is 11.5 Å². The van der Waals surface area contributed by atoms with Gasteiger partial charge < -0.3 is 19.7 Å². The molecule has 0 aliphatic heterocycles. The summed E-state index contributed by atoms with van der Waals surface area (Å²) in [4.78, 5) is 18.2. The molecule has 8 nitrogen and oxygen atoms in total.